The molecule has 1 aromatic rings. The van der Waals surface area contributed by atoms with Gasteiger partial charge in [0.05, 0.1) is 12.2 Å². The van der Waals surface area contributed by atoms with Crippen molar-refractivity contribution in [1.82, 2.24) is 4.72 Å². The van der Waals surface area contributed by atoms with Gasteiger partial charge in [0, 0.05) is 6.04 Å². The lowest BCUT2D eigenvalue weighted by Crippen LogP contribution is -2.53. The van der Waals surface area contributed by atoms with Crippen LogP contribution in [0.1, 0.15) is 12.0 Å². The number of sulfonamides is 1. The molecule has 1 heterocycles. The highest BCUT2D eigenvalue weighted by Gasteiger charge is 2.34. The van der Waals surface area contributed by atoms with E-state index in [0.29, 0.717) is 0 Å². The maximum absolute atomic E-state index is 11.4. The molecule has 0 aromatic heterocycles. The fraction of sp³-hybridized carbons (Fsp3) is 0.364. The zero-order chi connectivity index (χ0) is 12.3. The van der Waals surface area contributed by atoms with Gasteiger partial charge in [-0.2, -0.15) is 0 Å². The first-order valence-electron chi connectivity index (χ1n) is 5.25. The highest BCUT2D eigenvalue weighted by Crippen LogP contribution is 2.11. The molecule has 1 N–H and O–H groups in total. The molecule has 1 unspecified atom stereocenters. The topological polar surface area (TPSA) is 72.5 Å². The summed E-state index contributed by atoms with van der Waals surface area (Å²) in [6, 6.07) is 9.03. The number of carbonyl (C=O) groups is 1. The number of rotatable bonds is 4. The Morgan fingerprint density at radius 1 is 1.35 bits per heavy atom. The molecule has 92 valence electrons. The molecule has 1 saturated heterocycles. The van der Waals surface area contributed by atoms with Crippen LogP contribution < -0.4 is 4.72 Å². The molecular formula is C11H13NO4S. The van der Waals surface area contributed by atoms with E-state index in [1.165, 1.54) is 0 Å². The highest BCUT2D eigenvalue weighted by molar-refractivity contribution is 7.90. The van der Waals surface area contributed by atoms with E-state index in [2.05, 4.69) is 4.72 Å². The van der Waals surface area contributed by atoms with Crippen molar-refractivity contribution in [3.05, 3.63) is 35.9 Å². The van der Waals surface area contributed by atoms with Crippen LogP contribution in [0.5, 0.6) is 0 Å². The summed E-state index contributed by atoms with van der Waals surface area (Å²) >= 11 is 0. The molecule has 0 saturated carbocycles. The fourth-order valence-corrected chi connectivity index (χ4v) is 2.80. The fourth-order valence-electron chi connectivity index (χ4n) is 1.60. The SMILES string of the molecule is O=C(CC1CS(=O)(=O)N1)OCc1ccccc1. The quantitative estimate of drug-likeness (QED) is 0.791. The van der Waals surface area contributed by atoms with Crippen molar-refractivity contribution in [1.29, 1.82) is 0 Å². The Morgan fingerprint density at radius 3 is 2.59 bits per heavy atom. The normalized spacial score (nSPS) is 21.5. The van der Waals surface area contributed by atoms with Gasteiger partial charge in [0.25, 0.3) is 0 Å². The second-order valence-corrected chi connectivity index (χ2v) is 5.75. The van der Waals surface area contributed by atoms with Gasteiger partial charge >= 0.3 is 5.97 Å². The number of nitrogens with one attached hydrogen (secondary N) is 1. The molecule has 0 spiro atoms. The summed E-state index contributed by atoms with van der Waals surface area (Å²) in [4.78, 5) is 11.4. The van der Waals surface area contributed by atoms with Crippen molar-refractivity contribution < 1.29 is 17.9 Å². The van der Waals surface area contributed by atoms with Crippen LogP contribution in [0.2, 0.25) is 0 Å². The van der Waals surface area contributed by atoms with Crippen molar-refractivity contribution in [3.8, 4) is 0 Å². The van der Waals surface area contributed by atoms with E-state index in [9.17, 15) is 13.2 Å². The van der Waals surface area contributed by atoms with Gasteiger partial charge in [-0.15, -0.1) is 0 Å². The minimum Gasteiger partial charge on any atom is -0.461 e. The van der Waals surface area contributed by atoms with E-state index in [4.69, 9.17) is 4.74 Å². The van der Waals surface area contributed by atoms with E-state index in [1.54, 1.807) is 0 Å². The molecule has 6 heteroatoms. The van der Waals surface area contributed by atoms with Crippen LogP contribution >= 0.6 is 0 Å². The van der Waals surface area contributed by atoms with Crippen molar-refractivity contribution in [2.24, 2.45) is 0 Å². The molecule has 1 aromatic carbocycles. The molecule has 0 amide bonds. The Hall–Kier alpha value is -1.40. The second-order valence-electron chi connectivity index (χ2n) is 3.95. The Bertz CT molecular complexity index is 485. The lowest BCUT2D eigenvalue weighted by molar-refractivity contribution is -0.145. The summed E-state index contributed by atoms with van der Waals surface area (Å²) in [5.74, 6) is -0.380. The average molecular weight is 255 g/mol. The van der Waals surface area contributed by atoms with Crippen molar-refractivity contribution in [3.63, 3.8) is 0 Å². The number of hydrogen-bond donors (Lipinski definition) is 1. The summed E-state index contributed by atoms with van der Waals surface area (Å²) < 4.78 is 28.9. The van der Waals surface area contributed by atoms with Gasteiger partial charge in [-0.1, -0.05) is 30.3 Å². The third kappa shape index (κ3) is 3.54. The maximum Gasteiger partial charge on any atom is 0.307 e. The summed E-state index contributed by atoms with van der Waals surface area (Å²) in [5, 5.41) is 0. The van der Waals surface area contributed by atoms with Gasteiger partial charge in [-0.05, 0) is 5.56 Å². The predicted molar refractivity (Wildman–Crippen MR) is 61.6 cm³/mol. The molecule has 1 aliphatic heterocycles. The number of ether oxygens (including phenoxy) is 1. The first kappa shape index (κ1) is 12.1. The zero-order valence-electron chi connectivity index (χ0n) is 9.13. The monoisotopic (exact) mass is 255 g/mol. The molecule has 5 nitrogen and oxygen atoms in total. The molecule has 0 aliphatic carbocycles. The van der Waals surface area contributed by atoms with Crippen molar-refractivity contribution in [2.75, 3.05) is 5.75 Å². The van der Waals surface area contributed by atoms with Gasteiger partial charge in [-0.3, -0.25) is 4.79 Å². The number of benzene rings is 1. The van der Waals surface area contributed by atoms with Gasteiger partial charge in [0.1, 0.15) is 6.61 Å². The van der Waals surface area contributed by atoms with Crippen molar-refractivity contribution >= 4 is 16.0 Å². The molecular weight excluding hydrogens is 242 g/mol. The Balaban J connectivity index is 1.72. The summed E-state index contributed by atoms with van der Waals surface area (Å²) in [6.45, 7) is 0.221. The van der Waals surface area contributed by atoms with E-state index < -0.39 is 10.0 Å². The summed E-state index contributed by atoms with van der Waals surface area (Å²) in [7, 11) is -3.10. The molecule has 1 fully saturated rings. The molecule has 1 atom stereocenters. The standard InChI is InChI=1S/C11H13NO4S/c13-11(6-10-8-17(14,15)12-10)16-7-9-4-2-1-3-5-9/h1-5,10,12H,6-8H2. The average Bonchev–Trinajstić information content (AvgIpc) is 2.25. The Kier molecular flexibility index (Phi) is 3.44. The van der Waals surface area contributed by atoms with Crippen LogP contribution in [0, 0.1) is 0 Å². The van der Waals surface area contributed by atoms with Gasteiger partial charge < -0.3 is 4.74 Å². The Morgan fingerprint density at radius 2 is 2.00 bits per heavy atom. The Labute approximate surface area is 99.8 Å². The molecule has 2 rings (SSSR count). The first-order chi connectivity index (χ1) is 8.05. The van der Waals surface area contributed by atoms with E-state index in [1.807, 2.05) is 30.3 Å². The van der Waals surface area contributed by atoms with Gasteiger partial charge in [-0.25, -0.2) is 13.1 Å². The third-order valence-electron chi connectivity index (χ3n) is 2.42. The first-order valence-corrected chi connectivity index (χ1v) is 6.90. The van der Waals surface area contributed by atoms with Crippen LogP contribution in [0.3, 0.4) is 0 Å². The number of hydrogen-bond acceptors (Lipinski definition) is 4. The van der Waals surface area contributed by atoms with E-state index in [0.717, 1.165) is 5.56 Å². The lowest BCUT2D eigenvalue weighted by atomic mass is 10.2. The van der Waals surface area contributed by atoms with Crippen molar-refractivity contribution in [2.45, 2.75) is 19.1 Å². The molecule has 1 aliphatic rings. The largest absolute Gasteiger partial charge is 0.461 e. The summed E-state index contributed by atoms with van der Waals surface area (Å²) in [6.07, 6.45) is 0.0893. The van der Waals surface area contributed by atoms with Crippen LogP contribution in [-0.2, 0) is 26.2 Å². The predicted octanol–water partition coefficient (Wildman–Crippen LogP) is 0.421. The molecule has 0 radical (unpaired) electrons. The van der Waals surface area contributed by atoms with Crippen LogP contribution in [0.4, 0.5) is 0 Å². The number of carbonyl (C=O) groups excluding carboxylic acids is 1. The summed E-state index contributed by atoms with van der Waals surface area (Å²) in [5.41, 5.74) is 0.912. The maximum atomic E-state index is 11.4. The van der Waals surface area contributed by atoms with E-state index in [-0.39, 0.29) is 30.8 Å². The highest BCUT2D eigenvalue weighted by atomic mass is 32.2. The number of esters is 1. The molecule has 0 bridgehead atoms. The molecule has 17 heavy (non-hydrogen) atoms. The lowest BCUT2D eigenvalue weighted by Gasteiger charge is -2.26. The van der Waals surface area contributed by atoms with Crippen LogP contribution in [0.25, 0.3) is 0 Å². The van der Waals surface area contributed by atoms with Gasteiger partial charge in [0.2, 0.25) is 10.0 Å². The second kappa shape index (κ2) is 4.85. The minimum absolute atomic E-state index is 0.00738. The third-order valence-corrected chi connectivity index (χ3v) is 3.96. The van der Waals surface area contributed by atoms with Crippen LogP contribution in [0.15, 0.2) is 30.3 Å². The smallest absolute Gasteiger partial charge is 0.307 e. The van der Waals surface area contributed by atoms with Gasteiger partial charge in [0.15, 0.2) is 0 Å². The zero-order valence-corrected chi connectivity index (χ0v) is 9.94. The van der Waals surface area contributed by atoms with Crippen LogP contribution in [-0.4, -0.2) is 26.2 Å². The van der Waals surface area contributed by atoms with E-state index >= 15 is 0 Å². The minimum atomic E-state index is -3.10.